The van der Waals surface area contributed by atoms with Crippen LogP contribution in [0, 0.1) is 0 Å². The van der Waals surface area contributed by atoms with Crippen molar-refractivity contribution in [1.29, 1.82) is 0 Å². The topological polar surface area (TPSA) is 63.6 Å². The van der Waals surface area contributed by atoms with Crippen molar-refractivity contribution < 1.29 is 19.4 Å². The first kappa shape index (κ1) is 13.8. The molecule has 0 aromatic heterocycles. The minimum atomic E-state index is -1.29. The normalized spacial score (nSPS) is 8.00. The summed E-state index contributed by atoms with van der Waals surface area (Å²) in [4.78, 5) is 17.9. The molecule has 1 N–H and O–H groups in total. The number of hydrogen-bond acceptors (Lipinski definition) is 3. The second kappa shape index (κ2) is 8.36. The summed E-state index contributed by atoms with van der Waals surface area (Å²) in [7, 11) is 0. The van der Waals surface area contributed by atoms with Gasteiger partial charge in [-0.2, -0.15) is 0 Å². The lowest BCUT2D eigenvalue weighted by Gasteiger charge is -1.84. The maximum Gasteiger partial charge on any atom is 0.337 e. The summed E-state index contributed by atoms with van der Waals surface area (Å²) in [6.45, 7) is 4.48. The Labute approximate surface area is 79.7 Å². The SMILES string of the molecule is C=COC(C)=O.O=C(O)C(Cl)Cl. The van der Waals surface area contributed by atoms with E-state index in [9.17, 15) is 9.59 Å². The zero-order chi connectivity index (χ0) is 10.1. The summed E-state index contributed by atoms with van der Waals surface area (Å²) in [6.07, 6.45) is 1.10. The first-order valence-corrected chi connectivity index (χ1v) is 3.58. The molecule has 12 heavy (non-hydrogen) atoms. The Kier molecular flexibility index (Phi) is 9.63. The fourth-order valence-corrected chi connectivity index (χ4v) is 0.117. The van der Waals surface area contributed by atoms with E-state index in [1.807, 2.05) is 0 Å². The zero-order valence-electron chi connectivity index (χ0n) is 6.29. The van der Waals surface area contributed by atoms with Crippen LogP contribution >= 0.6 is 23.2 Å². The first-order chi connectivity index (χ1) is 5.41. The van der Waals surface area contributed by atoms with Crippen LogP contribution in [-0.4, -0.2) is 21.9 Å². The van der Waals surface area contributed by atoms with Gasteiger partial charge >= 0.3 is 11.9 Å². The van der Waals surface area contributed by atoms with Crippen LogP contribution in [-0.2, 0) is 14.3 Å². The number of carbonyl (C=O) groups is 2. The van der Waals surface area contributed by atoms with E-state index in [4.69, 9.17) is 28.3 Å². The highest BCUT2D eigenvalue weighted by Gasteiger charge is 2.05. The molecule has 0 bridgehead atoms. The summed E-state index contributed by atoms with van der Waals surface area (Å²) in [5, 5.41) is 7.73. The number of esters is 1. The maximum absolute atomic E-state index is 9.75. The molecular formula is C6H8Cl2O4. The van der Waals surface area contributed by atoms with Crippen molar-refractivity contribution in [3.63, 3.8) is 0 Å². The van der Waals surface area contributed by atoms with Crippen molar-refractivity contribution in [1.82, 2.24) is 0 Å². The molecule has 0 atom stereocenters. The molecule has 4 nitrogen and oxygen atoms in total. The largest absolute Gasteiger partial charge is 0.479 e. The number of ether oxygens (including phenoxy) is 1. The highest BCUT2D eigenvalue weighted by atomic mass is 35.5. The Morgan fingerprint density at radius 1 is 1.58 bits per heavy atom. The molecule has 0 fully saturated rings. The molecule has 0 spiro atoms. The number of carboxylic acids is 1. The van der Waals surface area contributed by atoms with E-state index in [-0.39, 0.29) is 5.97 Å². The molecule has 0 saturated heterocycles. The molecule has 0 saturated carbocycles. The Morgan fingerprint density at radius 3 is 1.92 bits per heavy atom. The lowest BCUT2D eigenvalue weighted by atomic mass is 10.8. The molecule has 0 heterocycles. The van der Waals surface area contributed by atoms with Gasteiger partial charge in [-0.05, 0) is 0 Å². The van der Waals surface area contributed by atoms with Gasteiger partial charge in [0.2, 0.25) is 4.84 Å². The van der Waals surface area contributed by atoms with Gasteiger partial charge in [0.15, 0.2) is 0 Å². The van der Waals surface area contributed by atoms with Crippen LogP contribution in [0.4, 0.5) is 0 Å². The van der Waals surface area contributed by atoms with Gasteiger partial charge in [0.1, 0.15) is 0 Å². The van der Waals surface area contributed by atoms with Gasteiger partial charge in [-0.3, -0.25) is 4.79 Å². The van der Waals surface area contributed by atoms with Crippen LogP contribution in [0.2, 0.25) is 0 Å². The van der Waals surface area contributed by atoms with E-state index in [0.717, 1.165) is 6.26 Å². The van der Waals surface area contributed by atoms with E-state index < -0.39 is 10.8 Å². The number of halogens is 2. The van der Waals surface area contributed by atoms with Crippen LogP contribution in [0.15, 0.2) is 12.8 Å². The Hall–Kier alpha value is -0.740. The summed E-state index contributed by atoms with van der Waals surface area (Å²) < 4.78 is 4.17. The third kappa shape index (κ3) is 16.1. The Bertz CT molecular complexity index is 167. The summed E-state index contributed by atoms with van der Waals surface area (Å²) in [5.41, 5.74) is 0. The van der Waals surface area contributed by atoms with Crippen LogP contribution in [0.3, 0.4) is 0 Å². The van der Waals surface area contributed by atoms with Crippen molar-refractivity contribution in [2.75, 3.05) is 0 Å². The Morgan fingerprint density at radius 2 is 1.92 bits per heavy atom. The van der Waals surface area contributed by atoms with Crippen LogP contribution in [0.1, 0.15) is 6.92 Å². The summed E-state index contributed by atoms with van der Waals surface area (Å²) in [6, 6.07) is 0. The quantitative estimate of drug-likeness (QED) is 0.431. The average Bonchev–Trinajstić information content (AvgIpc) is 1.87. The van der Waals surface area contributed by atoms with Crippen LogP contribution < -0.4 is 0 Å². The molecule has 0 radical (unpaired) electrons. The molecule has 0 unspecified atom stereocenters. The molecule has 6 heteroatoms. The number of alkyl halides is 2. The van der Waals surface area contributed by atoms with Crippen molar-refractivity contribution in [2.45, 2.75) is 11.8 Å². The van der Waals surface area contributed by atoms with Gasteiger partial charge < -0.3 is 9.84 Å². The van der Waals surface area contributed by atoms with E-state index in [1.165, 1.54) is 6.92 Å². The van der Waals surface area contributed by atoms with Gasteiger partial charge in [0, 0.05) is 6.92 Å². The predicted molar refractivity (Wildman–Crippen MR) is 45.1 cm³/mol. The van der Waals surface area contributed by atoms with E-state index in [2.05, 4.69) is 11.3 Å². The number of carboxylic acid groups (broad SMARTS) is 1. The highest BCUT2D eigenvalue weighted by molar-refractivity contribution is 6.52. The smallest absolute Gasteiger partial charge is 0.337 e. The van der Waals surface area contributed by atoms with Crippen molar-refractivity contribution in [2.24, 2.45) is 0 Å². The lowest BCUT2D eigenvalue weighted by molar-refractivity contribution is -0.136. The number of hydrogen-bond donors (Lipinski definition) is 1. The second-order valence-corrected chi connectivity index (χ2v) is 2.51. The zero-order valence-corrected chi connectivity index (χ0v) is 7.80. The summed E-state index contributed by atoms with van der Waals surface area (Å²) in [5.74, 6) is -1.54. The van der Waals surface area contributed by atoms with Crippen molar-refractivity contribution in [3.8, 4) is 0 Å². The van der Waals surface area contributed by atoms with E-state index >= 15 is 0 Å². The minimum absolute atomic E-state index is 0.329. The standard InChI is InChI=1S/C4H6O2.C2H2Cl2O2/c1-3-6-4(2)5;3-1(4)2(5)6/h3H,1H2,2H3;1H,(H,5,6). The van der Waals surface area contributed by atoms with Gasteiger partial charge in [-0.1, -0.05) is 29.8 Å². The third-order valence-corrected chi connectivity index (χ3v) is 0.809. The number of aliphatic carboxylic acids is 1. The molecule has 0 aromatic rings. The van der Waals surface area contributed by atoms with Crippen LogP contribution in [0.25, 0.3) is 0 Å². The first-order valence-electron chi connectivity index (χ1n) is 2.71. The molecule has 70 valence electrons. The second-order valence-electron chi connectivity index (χ2n) is 1.42. The van der Waals surface area contributed by atoms with E-state index in [0.29, 0.717) is 0 Å². The summed E-state index contributed by atoms with van der Waals surface area (Å²) >= 11 is 9.56. The molecular weight excluding hydrogens is 207 g/mol. The number of carbonyl (C=O) groups excluding carboxylic acids is 1. The third-order valence-electron chi connectivity index (χ3n) is 0.436. The molecule has 0 aliphatic heterocycles. The predicted octanol–water partition coefficient (Wildman–Crippen LogP) is 1.57. The molecule has 0 amide bonds. The minimum Gasteiger partial charge on any atom is -0.479 e. The molecule has 0 aliphatic carbocycles. The van der Waals surface area contributed by atoms with Gasteiger partial charge in [0.25, 0.3) is 0 Å². The van der Waals surface area contributed by atoms with Gasteiger partial charge in [-0.15, -0.1) is 0 Å². The average molecular weight is 215 g/mol. The molecule has 0 aromatic carbocycles. The fourth-order valence-electron chi connectivity index (χ4n) is 0.117. The maximum atomic E-state index is 9.75. The molecule has 0 rings (SSSR count). The fraction of sp³-hybridized carbons (Fsp3) is 0.333. The van der Waals surface area contributed by atoms with E-state index in [1.54, 1.807) is 0 Å². The monoisotopic (exact) mass is 214 g/mol. The van der Waals surface area contributed by atoms with Gasteiger partial charge in [0.05, 0.1) is 6.26 Å². The van der Waals surface area contributed by atoms with Crippen LogP contribution in [0.5, 0.6) is 0 Å². The Balaban J connectivity index is 0. The highest BCUT2D eigenvalue weighted by Crippen LogP contribution is 1.98. The lowest BCUT2D eigenvalue weighted by Crippen LogP contribution is -2.03. The number of rotatable bonds is 2. The molecule has 0 aliphatic rings. The van der Waals surface area contributed by atoms with Crippen molar-refractivity contribution >= 4 is 35.1 Å². The van der Waals surface area contributed by atoms with Crippen molar-refractivity contribution in [3.05, 3.63) is 12.8 Å². The van der Waals surface area contributed by atoms with Gasteiger partial charge in [-0.25, -0.2) is 4.79 Å².